The summed E-state index contributed by atoms with van der Waals surface area (Å²) < 4.78 is 16.2. The molecule has 0 atom stereocenters. The van der Waals surface area contributed by atoms with E-state index in [2.05, 4.69) is 9.97 Å². The third kappa shape index (κ3) is 2.99. The molecule has 2 aromatic rings. The van der Waals surface area contributed by atoms with Gasteiger partial charge in [-0.1, -0.05) is 6.07 Å². The zero-order chi connectivity index (χ0) is 14.7. The minimum atomic E-state index is 0.550. The summed E-state index contributed by atoms with van der Waals surface area (Å²) >= 11 is 0. The molecule has 1 aromatic carbocycles. The number of ether oxygens (including phenoxy) is 3. The quantitative estimate of drug-likeness (QED) is 0.856. The molecule has 21 heavy (non-hydrogen) atoms. The van der Waals surface area contributed by atoms with E-state index in [-0.39, 0.29) is 0 Å². The van der Waals surface area contributed by atoms with Crippen molar-refractivity contribution in [2.75, 3.05) is 32.3 Å². The fourth-order valence-corrected chi connectivity index (χ4v) is 2.16. The molecule has 3 rings (SSSR count). The molecular weight excluding hydrogens is 270 g/mol. The van der Waals surface area contributed by atoms with Crippen molar-refractivity contribution in [1.29, 1.82) is 0 Å². The van der Waals surface area contributed by atoms with E-state index >= 15 is 0 Å². The molecule has 6 heteroatoms. The van der Waals surface area contributed by atoms with Gasteiger partial charge in [0.1, 0.15) is 13.2 Å². The van der Waals surface area contributed by atoms with Gasteiger partial charge < -0.3 is 19.1 Å². The highest BCUT2D eigenvalue weighted by atomic mass is 16.6. The first-order chi connectivity index (χ1) is 10.3. The largest absolute Gasteiger partial charge is 0.486 e. The first-order valence-electron chi connectivity index (χ1n) is 6.73. The van der Waals surface area contributed by atoms with Crippen LogP contribution < -0.4 is 19.1 Å². The summed E-state index contributed by atoms with van der Waals surface area (Å²) in [6.07, 6.45) is 1.68. The van der Waals surface area contributed by atoms with Crippen LogP contribution in [0.1, 0.15) is 5.56 Å². The van der Waals surface area contributed by atoms with Gasteiger partial charge in [0.25, 0.3) is 0 Å². The minimum absolute atomic E-state index is 0.550. The van der Waals surface area contributed by atoms with E-state index in [9.17, 15) is 0 Å². The van der Waals surface area contributed by atoms with Gasteiger partial charge in [0, 0.05) is 25.9 Å². The molecule has 1 aliphatic heterocycles. The first kappa shape index (κ1) is 13.5. The van der Waals surface area contributed by atoms with Crippen LogP contribution in [0.4, 0.5) is 5.95 Å². The topological polar surface area (TPSA) is 56.7 Å². The standard InChI is InChI=1S/C15H17N3O3/c1-18(15-16-6-5-14(17-15)19-2)10-11-3-4-12-13(9-11)21-8-7-20-12/h3-6,9H,7-8,10H2,1-2H3. The number of hydrogen-bond acceptors (Lipinski definition) is 6. The number of methoxy groups -OCH3 is 1. The molecule has 1 aliphatic rings. The summed E-state index contributed by atoms with van der Waals surface area (Å²) in [6.45, 7) is 1.86. The molecule has 2 heterocycles. The van der Waals surface area contributed by atoms with Crippen LogP contribution in [0.2, 0.25) is 0 Å². The van der Waals surface area contributed by atoms with Crippen LogP contribution in [0.5, 0.6) is 17.4 Å². The lowest BCUT2D eigenvalue weighted by Crippen LogP contribution is -2.20. The van der Waals surface area contributed by atoms with Gasteiger partial charge in [0.2, 0.25) is 11.8 Å². The number of rotatable bonds is 4. The van der Waals surface area contributed by atoms with E-state index in [4.69, 9.17) is 14.2 Å². The second kappa shape index (κ2) is 5.87. The van der Waals surface area contributed by atoms with Crippen LogP contribution >= 0.6 is 0 Å². The van der Waals surface area contributed by atoms with Crippen molar-refractivity contribution in [3.05, 3.63) is 36.0 Å². The molecule has 0 saturated heterocycles. The number of nitrogens with zero attached hydrogens (tertiary/aromatic N) is 3. The van der Waals surface area contributed by atoms with Crippen molar-refractivity contribution in [1.82, 2.24) is 9.97 Å². The average Bonchev–Trinajstić information content (AvgIpc) is 2.54. The number of anilines is 1. The Hall–Kier alpha value is -2.50. The van der Waals surface area contributed by atoms with E-state index in [1.54, 1.807) is 19.4 Å². The van der Waals surface area contributed by atoms with Crippen LogP contribution in [0.25, 0.3) is 0 Å². The third-order valence-corrected chi connectivity index (χ3v) is 3.19. The molecule has 0 N–H and O–H groups in total. The van der Waals surface area contributed by atoms with E-state index in [1.807, 2.05) is 30.1 Å². The highest BCUT2D eigenvalue weighted by molar-refractivity contribution is 5.45. The van der Waals surface area contributed by atoms with E-state index in [0.717, 1.165) is 17.1 Å². The summed E-state index contributed by atoms with van der Waals surface area (Å²) in [5.41, 5.74) is 1.10. The normalized spacial score (nSPS) is 12.9. The highest BCUT2D eigenvalue weighted by Crippen LogP contribution is 2.31. The number of aromatic nitrogens is 2. The molecule has 0 radical (unpaired) electrons. The van der Waals surface area contributed by atoms with Crippen molar-refractivity contribution in [2.45, 2.75) is 6.54 Å². The van der Waals surface area contributed by atoms with E-state index < -0.39 is 0 Å². The average molecular weight is 287 g/mol. The molecule has 0 fully saturated rings. The lowest BCUT2D eigenvalue weighted by Gasteiger charge is -2.21. The smallest absolute Gasteiger partial charge is 0.228 e. The van der Waals surface area contributed by atoms with Gasteiger partial charge in [0.15, 0.2) is 11.5 Å². The molecule has 0 aliphatic carbocycles. The SMILES string of the molecule is COc1ccnc(N(C)Cc2ccc3c(c2)OCCO3)n1. The van der Waals surface area contributed by atoms with E-state index in [1.165, 1.54) is 0 Å². The lowest BCUT2D eigenvalue weighted by atomic mass is 10.2. The Morgan fingerprint density at radius 1 is 1.19 bits per heavy atom. The van der Waals surface area contributed by atoms with Crippen molar-refractivity contribution >= 4 is 5.95 Å². The summed E-state index contributed by atoms with van der Waals surface area (Å²) in [5.74, 6) is 2.75. The lowest BCUT2D eigenvalue weighted by molar-refractivity contribution is 0.171. The number of benzene rings is 1. The van der Waals surface area contributed by atoms with Crippen molar-refractivity contribution < 1.29 is 14.2 Å². The summed E-state index contributed by atoms with van der Waals surface area (Å²) in [6, 6.07) is 7.67. The fraction of sp³-hybridized carbons (Fsp3) is 0.333. The van der Waals surface area contributed by atoms with Crippen LogP contribution in [-0.4, -0.2) is 37.3 Å². The summed E-state index contributed by atoms with van der Waals surface area (Å²) in [4.78, 5) is 10.5. The second-order valence-electron chi connectivity index (χ2n) is 4.73. The second-order valence-corrected chi connectivity index (χ2v) is 4.73. The Morgan fingerprint density at radius 2 is 2.00 bits per heavy atom. The fourth-order valence-electron chi connectivity index (χ4n) is 2.16. The molecule has 0 spiro atoms. The highest BCUT2D eigenvalue weighted by Gasteiger charge is 2.13. The van der Waals surface area contributed by atoms with Gasteiger partial charge in [-0.2, -0.15) is 4.98 Å². The van der Waals surface area contributed by atoms with Crippen molar-refractivity contribution in [3.63, 3.8) is 0 Å². The molecule has 0 unspecified atom stereocenters. The van der Waals surface area contributed by atoms with Crippen LogP contribution in [0.15, 0.2) is 30.5 Å². The zero-order valence-electron chi connectivity index (χ0n) is 12.1. The van der Waals surface area contributed by atoms with Crippen LogP contribution in [0.3, 0.4) is 0 Å². The summed E-state index contributed by atoms with van der Waals surface area (Å²) in [7, 11) is 3.53. The molecule has 0 amide bonds. The van der Waals surface area contributed by atoms with Gasteiger partial charge in [-0.05, 0) is 17.7 Å². The Morgan fingerprint density at radius 3 is 2.81 bits per heavy atom. The molecule has 110 valence electrons. The molecule has 1 aromatic heterocycles. The Balaban J connectivity index is 1.76. The van der Waals surface area contributed by atoms with Crippen molar-refractivity contribution in [2.24, 2.45) is 0 Å². The maximum atomic E-state index is 5.59. The molecule has 0 bridgehead atoms. The Kier molecular flexibility index (Phi) is 3.77. The van der Waals surface area contributed by atoms with Crippen LogP contribution in [0, 0.1) is 0 Å². The predicted octanol–water partition coefficient (Wildman–Crippen LogP) is 1.89. The molecular formula is C15H17N3O3. The number of hydrogen-bond donors (Lipinski definition) is 0. The van der Waals surface area contributed by atoms with Gasteiger partial charge in [-0.3, -0.25) is 0 Å². The summed E-state index contributed by atoms with van der Waals surface area (Å²) in [5, 5.41) is 0. The Bertz CT molecular complexity index is 633. The maximum Gasteiger partial charge on any atom is 0.228 e. The maximum absolute atomic E-state index is 5.59. The first-order valence-corrected chi connectivity index (χ1v) is 6.73. The monoisotopic (exact) mass is 287 g/mol. The van der Waals surface area contributed by atoms with Gasteiger partial charge in [0.05, 0.1) is 7.11 Å². The third-order valence-electron chi connectivity index (χ3n) is 3.19. The van der Waals surface area contributed by atoms with Gasteiger partial charge >= 0.3 is 0 Å². The molecule has 6 nitrogen and oxygen atoms in total. The van der Waals surface area contributed by atoms with Crippen LogP contribution in [-0.2, 0) is 6.54 Å². The number of fused-ring (bicyclic) bond motifs is 1. The van der Waals surface area contributed by atoms with Crippen molar-refractivity contribution in [3.8, 4) is 17.4 Å². The predicted molar refractivity (Wildman–Crippen MR) is 78.1 cm³/mol. The zero-order valence-corrected chi connectivity index (χ0v) is 12.1. The van der Waals surface area contributed by atoms with Gasteiger partial charge in [-0.25, -0.2) is 4.98 Å². The Labute approximate surface area is 123 Å². The van der Waals surface area contributed by atoms with Gasteiger partial charge in [-0.15, -0.1) is 0 Å². The minimum Gasteiger partial charge on any atom is -0.486 e. The van der Waals surface area contributed by atoms with E-state index in [0.29, 0.717) is 31.6 Å². The molecule has 0 saturated carbocycles.